The van der Waals surface area contributed by atoms with E-state index in [2.05, 4.69) is 211 Å². The summed E-state index contributed by atoms with van der Waals surface area (Å²) in [6.45, 7) is 26.3. The molecule has 2 nitrogen and oxygen atoms in total. The molecule has 0 saturated heterocycles. The lowest BCUT2D eigenvalue weighted by atomic mass is 9.82. The van der Waals surface area contributed by atoms with Crippen molar-refractivity contribution in [1.29, 1.82) is 0 Å². The molecule has 322 valence electrons. The van der Waals surface area contributed by atoms with Gasteiger partial charge in [-0.05, 0) is 192 Å². The molecule has 64 heavy (non-hydrogen) atoms. The molecule has 0 saturated carbocycles. The minimum Gasteiger partial charge on any atom is -0.309 e. The molecule has 0 amide bonds. The Morgan fingerprint density at radius 2 is 0.750 bits per heavy atom. The summed E-state index contributed by atoms with van der Waals surface area (Å²) in [5, 5.41) is 5.14. The molecular formula is C62H64N2. The molecule has 9 aromatic rings. The first-order valence-electron chi connectivity index (χ1n) is 23.4. The molecule has 0 fully saturated rings. The third kappa shape index (κ3) is 8.04. The van der Waals surface area contributed by atoms with Crippen molar-refractivity contribution in [2.45, 2.75) is 105 Å². The minimum absolute atomic E-state index is 0.0235. The smallest absolute Gasteiger partial charge is 0.0544 e. The van der Waals surface area contributed by atoms with Crippen LogP contribution in [0.4, 0.5) is 0 Å². The third-order valence-electron chi connectivity index (χ3n) is 13.5. The van der Waals surface area contributed by atoms with Gasteiger partial charge in [0.1, 0.15) is 0 Å². The summed E-state index contributed by atoms with van der Waals surface area (Å²) < 4.78 is 4.97. The number of aromatic nitrogens is 2. The van der Waals surface area contributed by atoms with E-state index < -0.39 is 0 Å². The Bertz CT molecular complexity index is 2990. The van der Waals surface area contributed by atoms with E-state index in [-0.39, 0.29) is 10.8 Å². The molecule has 0 aliphatic rings. The Balaban J connectivity index is 1.19. The van der Waals surface area contributed by atoms with E-state index in [1.54, 1.807) is 0 Å². The van der Waals surface area contributed by atoms with E-state index in [1.807, 2.05) is 12.2 Å². The predicted molar refractivity (Wildman–Crippen MR) is 279 cm³/mol. The van der Waals surface area contributed by atoms with Gasteiger partial charge < -0.3 is 9.13 Å². The van der Waals surface area contributed by atoms with E-state index >= 15 is 0 Å². The van der Waals surface area contributed by atoms with Crippen molar-refractivity contribution in [3.63, 3.8) is 0 Å². The predicted octanol–water partition coefficient (Wildman–Crippen LogP) is 17.4. The number of unbranched alkanes of at least 4 members (excludes halogenated alkanes) is 2. The first-order chi connectivity index (χ1) is 30.7. The maximum atomic E-state index is 3.90. The van der Waals surface area contributed by atoms with Crippen LogP contribution < -0.4 is 0 Å². The standard InChI is InChI=1S/C62H64N2/c1-11-13-15-17-43-19-23-45(24-20-43)47-27-33-57-53(37-47)54-38-48(46-25-21-44(22-26-46)18-16-14-12-2)28-34-58(54)63(57)49-29-31-50(32-30-49)64-59-39-55(61(5,6)7)41(3)35-51(59)52-36-42(4)56(40-60(52)64)62(8,9)10/h11-12,19-40H,1-2,13-18H2,3-10H3. The molecule has 0 bridgehead atoms. The molecule has 0 aliphatic carbocycles. The fourth-order valence-electron chi connectivity index (χ4n) is 10.3. The Kier molecular flexibility index (Phi) is 11.4. The second kappa shape index (κ2) is 17.0. The first-order valence-corrected chi connectivity index (χ1v) is 23.4. The molecule has 0 unspecified atom stereocenters. The van der Waals surface area contributed by atoms with Crippen LogP contribution in [0.1, 0.15) is 101 Å². The van der Waals surface area contributed by atoms with Crippen LogP contribution in [-0.2, 0) is 23.7 Å². The summed E-state index contributed by atoms with van der Waals surface area (Å²) >= 11 is 0. The Hall–Kier alpha value is -6.38. The second-order valence-corrected chi connectivity index (χ2v) is 20.3. The number of benzene rings is 7. The SMILES string of the molecule is C=CCCCc1ccc(-c2ccc3c(c2)c2cc(-c4ccc(CCCC=C)cc4)ccc2n3-c2ccc(-n3c4cc(C(C)(C)C)c(C)cc4c4cc(C)c(C(C)(C)C)cc43)cc2)cc1. The van der Waals surface area contributed by atoms with Crippen LogP contribution in [0.15, 0.2) is 159 Å². The monoisotopic (exact) mass is 837 g/mol. The highest BCUT2D eigenvalue weighted by molar-refractivity contribution is 6.12. The Morgan fingerprint density at radius 1 is 0.406 bits per heavy atom. The van der Waals surface area contributed by atoms with Crippen LogP contribution in [0, 0.1) is 13.8 Å². The van der Waals surface area contributed by atoms with Crippen molar-refractivity contribution in [1.82, 2.24) is 9.13 Å². The number of allylic oxidation sites excluding steroid dienone is 2. The summed E-state index contributed by atoms with van der Waals surface area (Å²) in [5.41, 5.74) is 20.4. The zero-order valence-electron chi connectivity index (χ0n) is 39.4. The average Bonchev–Trinajstić information content (AvgIpc) is 3.76. The van der Waals surface area contributed by atoms with Crippen LogP contribution in [0.25, 0.3) is 77.2 Å². The van der Waals surface area contributed by atoms with Gasteiger partial charge in [0.05, 0.1) is 22.1 Å². The Labute approximate surface area is 381 Å². The van der Waals surface area contributed by atoms with Gasteiger partial charge in [0.2, 0.25) is 0 Å². The van der Waals surface area contributed by atoms with Crippen LogP contribution >= 0.6 is 0 Å². The molecular weight excluding hydrogens is 773 g/mol. The number of hydrogen-bond acceptors (Lipinski definition) is 0. The number of hydrogen-bond donors (Lipinski definition) is 0. The zero-order chi connectivity index (χ0) is 44.9. The van der Waals surface area contributed by atoms with Crippen LogP contribution in [-0.4, -0.2) is 9.13 Å². The normalized spacial score (nSPS) is 12.2. The average molecular weight is 837 g/mol. The molecule has 0 aliphatic heterocycles. The highest BCUT2D eigenvalue weighted by Crippen LogP contribution is 2.41. The molecule has 2 heterocycles. The fraction of sp³-hybridized carbons (Fsp3) is 0.258. The number of nitrogens with zero attached hydrogens (tertiary/aromatic N) is 2. The Morgan fingerprint density at radius 3 is 1.11 bits per heavy atom. The van der Waals surface area contributed by atoms with Crippen molar-refractivity contribution < 1.29 is 0 Å². The zero-order valence-corrected chi connectivity index (χ0v) is 39.4. The summed E-state index contributed by atoms with van der Waals surface area (Å²) in [6.07, 6.45) is 10.5. The summed E-state index contributed by atoms with van der Waals surface area (Å²) in [7, 11) is 0. The van der Waals surface area contributed by atoms with Gasteiger partial charge in [0, 0.05) is 32.9 Å². The van der Waals surface area contributed by atoms with E-state index in [9.17, 15) is 0 Å². The third-order valence-corrected chi connectivity index (χ3v) is 13.5. The van der Waals surface area contributed by atoms with Gasteiger partial charge in [-0.3, -0.25) is 0 Å². The van der Waals surface area contributed by atoms with Gasteiger partial charge in [-0.2, -0.15) is 0 Å². The van der Waals surface area contributed by atoms with Crippen LogP contribution in [0.3, 0.4) is 0 Å². The maximum absolute atomic E-state index is 3.90. The van der Waals surface area contributed by atoms with Gasteiger partial charge in [0.25, 0.3) is 0 Å². The topological polar surface area (TPSA) is 9.86 Å². The molecule has 0 atom stereocenters. The summed E-state index contributed by atoms with van der Waals surface area (Å²) in [5.74, 6) is 0. The molecule has 2 heteroatoms. The lowest BCUT2D eigenvalue weighted by Gasteiger charge is -2.22. The summed E-state index contributed by atoms with van der Waals surface area (Å²) in [6, 6.07) is 51.5. The molecule has 0 spiro atoms. The van der Waals surface area contributed by atoms with Gasteiger partial charge in [-0.1, -0.05) is 114 Å². The largest absolute Gasteiger partial charge is 0.309 e. The highest BCUT2D eigenvalue weighted by atomic mass is 15.0. The van der Waals surface area contributed by atoms with Crippen molar-refractivity contribution in [2.75, 3.05) is 0 Å². The lowest BCUT2D eigenvalue weighted by Crippen LogP contribution is -2.13. The molecule has 0 N–H and O–H groups in total. The van der Waals surface area contributed by atoms with Crippen LogP contribution in [0.5, 0.6) is 0 Å². The molecule has 7 aromatic carbocycles. The molecule has 0 radical (unpaired) electrons. The van der Waals surface area contributed by atoms with E-state index in [0.717, 1.165) is 44.2 Å². The van der Waals surface area contributed by atoms with Crippen molar-refractivity contribution in [2.24, 2.45) is 0 Å². The lowest BCUT2D eigenvalue weighted by molar-refractivity contribution is 0.587. The molecule has 9 rings (SSSR count). The molecule has 2 aromatic heterocycles. The van der Waals surface area contributed by atoms with Crippen LogP contribution in [0.2, 0.25) is 0 Å². The van der Waals surface area contributed by atoms with E-state index in [1.165, 1.54) is 105 Å². The number of aryl methyl sites for hydroxylation is 4. The fourth-order valence-corrected chi connectivity index (χ4v) is 10.3. The van der Waals surface area contributed by atoms with Gasteiger partial charge >= 0.3 is 0 Å². The van der Waals surface area contributed by atoms with Crippen molar-refractivity contribution in [3.8, 4) is 33.6 Å². The van der Waals surface area contributed by atoms with Gasteiger partial charge in [-0.25, -0.2) is 0 Å². The number of fused-ring (bicyclic) bond motifs is 6. The maximum Gasteiger partial charge on any atom is 0.0544 e. The minimum atomic E-state index is 0.0235. The van der Waals surface area contributed by atoms with Gasteiger partial charge in [-0.15, -0.1) is 13.2 Å². The van der Waals surface area contributed by atoms with Crippen molar-refractivity contribution in [3.05, 3.63) is 192 Å². The van der Waals surface area contributed by atoms with Gasteiger partial charge in [0.15, 0.2) is 0 Å². The van der Waals surface area contributed by atoms with E-state index in [4.69, 9.17) is 0 Å². The highest BCUT2D eigenvalue weighted by Gasteiger charge is 2.24. The van der Waals surface area contributed by atoms with E-state index in [0.29, 0.717) is 0 Å². The quantitative estimate of drug-likeness (QED) is 0.0857. The number of rotatable bonds is 12. The summed E-state index contributed by atoms with van der Waals surface area (Å²) in [4.78, 5) is 0. The second-order valence-electron chi connectivity index (χ2n) is 20.3. The van der Waals surface area contributed by atoms with Crippen molar-refractivity contribution >= 4 is 43.6 Å². The first kappa shape index (κ1) is 42.9.